The monoisotopic (exact) mass is 296 g/mol. The number of hydrogen-bond donors (Lipinski definition) is 0. The van der Waals surface area contributed by atoms with Gasteiger partial charge in [-0.25, -0.2) is 0 Å². The van der Waals surface area contributed by atoms with Crippen LogP contribution < -0.4 is 0 Å². The van der Waals surface area contributed by atoms with Crippen molar-refractivity contribution in [1.29, 1.82) is 0 Å². The van der Waals surface area contributed by atoms with Gasteiger partial charge in [-0.1, -0.05) is 13.8 Å². The molecule has 3 atom stereocenters. The van der Waals surface area contributed by atoms with E-state index < -0.39 is 0 Å². The van der Waals surface area contributed by atoms with Gasteiger partial charge >= 0.3 is 0 Å². The lowest BCUT2D eigenvalue weighted by atomic mass is 9.95. The van der Waals surface area contributed by atoms with Crippen LogP contribution >= 0.6 is 0 Å². The predicted octanol–water partition coefficient (Wildman–Crippen LogP) is 0.260. The van der Waals surface area contributed by atoms with Crippen molar-refractivity contribution in [3.8, 4) is 0 Å². The molecule has 0 radical (unpaired) electrons. The van der Waals surface area contributed by atoms with E-state index in [0.717, 1.165) is 19.4 Å². The maximum atomic E-state index is 12.8. The van der Waals surface area contributed by atoms with Crippen molar-refractivity contribution in [2.24, 2.45) is 5.92 Å². The maximum absolute atomic E-state index is 12.8. The molecule has 3 aliphatic heterocycles. The standard InChI is InChI=1S/C15H24N2O4/c1-10(2)13-15(19)16-5-3-4-12(16)14(18)17(13)8-11-9-20-6-7-21-11/h10-13H,3-9H2,1-2H3. The highest BCUT2D eigenvalue weighted by molar-refractivity contribution is 5.97. The first kappa shape index (κ1) is 14.8. The molecule has 0 aromatic rings. The lowest BCUT2D eigenvalue weighted by molar-refractivity contribution is -0.166. The summed E-state index contributed by atoms with van der Waals surface area (Å²) in [6.07, 6.45) is 1.59. The SMILES string of the molecule is CC(C)C1C(=O)N2CCCC2C(=O)N1CC1COCCO1. The molecular formula is C15H24N2O4. The first-order valence-electron chi connectivity index (χ1n) is 7.90. The number of fused-ring (bicyclic) bond motifs is 1. The van der Waals surface area contributed by atoms with Crippen LogP contribution in [0, 0.1) is 5.92 Å². The summed E-state index contributed by atoms with van der Waals surface area (Å²) in [4.78, 5) is 29.0. The molecule has 0 N–H and O–H groups in total. The zero-order valence-corrected chi connectivity index (χ0v) is 12.8. The van der Waals surface area contributed by atoms with E-state index in [0.29, 0.717) is 26.4 Å². The molecule has 6 heteroatoms. The topological polar surface area (TPSA) is 59.1 Å². The number of ether oxygens (including phenoxy) is 2. The molecule has 0 bridgehead atoms. The molecule has 6 nitrogen and oxygen atoms in total. The molecule has 3 rings (SSSR count). The van der Waals surface area contributed by atoms with E-state index in [1.165, 1.54) is 0 Å². The lowest BCUT2D eigenvalue weighted by Crippen LogP contribution is -2.65. The largest absolute Gasteiger partial charge is 0.376 e. The minimum absolute atomic E-state index is 0.0833. The highest BCUT2D eigenvalue weighted by atomic mass is 16.6. The van der Waals surface area contributed by atoms with E-state index in [2.05, 4.69) is 0 Å². The van der Waals surface area contributed by atoms with Gasteiger partial charge in [0, 0.05) is 6.54 Å². The average molecular weight is 296 g/mol. The Bertz CT molecular complexity index is 420. The van der Waals surface area contributed by atoms with Crippen molar-refractivity contribution in [3.63, 3.8) is 0 Å². The van der Waals surface area contributed by atoms with E-state index in [1.54, 1.807) is 9.80 Å². The number of piperazine rings is 1. The van der Waals surface area contributed by atoms with Crippen molar-refractivity contribution in [3.05, 3.63) is 0 Å². The van der Waals surface area contributed by atoms with Gasteiger partial charge in [-0.15, -0.1) is 0 Å². The second kappa shape index (κ2) is 5.93. The quantitative estimate of drug-likeness (QED) is 0.749. The number of rotatable bonds is 3. The molecule has 0 saturated carbocycles. The van der Waals surface area contributed by atoms with Crippen LogP contribution in [0.2, 0.25) is 0 Å². The number of nitrogens with zero attached hydrogens (tertiary/aromatic N) is 2. The molecule has 0 aromatic carbocycles. The highest BCUT2D eigenvalue weighted by Crippen LogP contribution is 2.30. The highest BCUT2D eigenvalue weighted by Gasteiger charge is 2.49. The predicted molar refractivity (Wildman–Crippen MR) is 75.6 cm³/mol. The third-order valence-corrected chi connectivity index (χ3v) is 4.61. The Morgan fingerprint density at radius 2 is 2.05 bits per heavy atom. The van der Waals surface area contributed by atoms with Crippen molar-refractivity contribution >= 4 is 11.8 Å². The summed E-state index contributed by atoms with van der Waals surface area (Å²) in [6, 6.07) is -0.616. The van der Waals surface area contributed by atoms with Crippen LogP contribution in [-0.4, -0.2) is 72.7 Å². The molecule has 3 fully saturated rings. The maximum Gasteiger partial charge on any atom is 0.246 e. The summed E-state index contributed by atoms with van der Waals surface area (Å²) in [6.45, 7) is 6.83. The van der Waals surface area contributed by atoms with Crippen molar-refractivity contribution < 1.29 is 19.1 Å². The van der Waals surface area contributed by atoms with Gasteiger partial charge in [0.05, 0.1) is 32.5 Å². The van der Waals surface area contributed by atoms with Gasteiger partial charge in [-0.2, -0.15) is 0 Å². The van der Waals surface area contributed by atoms with Crippen LogP contribution in [0.4, 0.5) is 0 Å². The zero-order chi connectivity index (χ0) is 15.0. The zero-order valence-electron chi connectivity index (χ0n) is 12.8. The first-order chi connectivity index (χ1) is 10.1. The third-order valence-electron chi connectivity index (χ3n) is 4.61. The van der Waals surface area contributed by atoms with Gasteiger partial charge in [0.2, 0.25) is 11.8 Å². The van der Waals surface area contributed by atoms with Crippen LogP contribution in [0.25, 0.3) is 0 Å². The molecule has 0 aromatic heterocycles. The Morgan fingerprint density at radius 1 is 1.24 bits per heavy atom. The van der Waals surface area contributed by atoms with Crippen molar-refractivity contribution in [2.45, 2.75) is 44.9 Å². The van der Waals surface area contributed by atoms with Crippen LogP contribution in [0.5, 0.6) is 0 Å². The summed E-state index contributed by atoms with van der Waals surface area (Å²) in [5.41, 5.74) is 0. The number of carbonyl (C=O) groups is 2. The molecule has 21 heavy (non-hydrogen) atoms. The Kier molecular flexibility index (Phi) is 4.17. The molecular weight excluding hydrogens is 272 g/mol. The fraction of sp³-hybridized carbons (Fsp3) is 0.867. The van der Waals surface area contributed by atoms with E-state index >= 15 is 0 Å². The van der Waals surface area contributed by atoms with Crippen LogP contribution in [0.15, 0.2) is 0 Å². The van der Waals surface area contributed by atoms with Crippen molar-refractivity contribution in [2.75, 3.05) is 32.9 Å². The number of carbonyl (C=O) groups excluding carboxylic acids is 2. The van der Waals surface area contributed by atoms with Gasteiger partial charge in [0.25, 0.3) is 0 Å². The molecule has 3 heterocycles. The van der Waals surface area contributed by atoms with Gasteiger partial charge < -0.3 is 19.3 Å². The molecule has 2 amide bonds. The summed E-state index contributed by atoms with van der Waals surface area (Å²) in [7, 11) is 0. The van der Waals surface area contributed by atoms with Crippen LogP contribution in [-0.2, 0) is 19.1 Å². The second-order valence-electron chi connectivity index (χ2n) is 6.44. The molecule has 118 valence electrons. The van der Waals surface area contributed by atoms with E-state index in [-0.39, 0.29) is 35.9 Å². The smallest absolute Gasteiger partial charge is 0.246 e. The van der Waals surface area contributed by atoms with Gasteiger partial charge in [-0.05, 0) is 18.8 Å². The summed E-state index contributed by atoms with van der Waals surface area (Å²) in [5.74, 6) is 0.288. The molecule has 0 spiro atoms. The minimum Gasteiger partial charge on any atom is -0.376 e. The third kappa shape index (κ3) is 2.66. The summed E-state index contributed by atoms with van der Waals surface area (Å²) in [5, 5.41) is 0. The van der Waals surface area contributed by atoms with Gasteiger partial charge in [-0.3, -0.25) is 9.59 Å². The Balaban J connectivity index is 1.80. The van der Waals surface area contributed by atoms with E-state index in [1.807, 2.05) is 13.8 Å². The fourth-order valence-corrected chi connectivity index (χ4v) is 3.63. The average Bonchev–Trinajstić information content (AvgIpc) is 2.95. The first-order valence-corrected chi connectivity index (χ1v) is 7.90. The van der Waals surface area contributed by atoms with Crippen LogP contribution in [0.3, 0.4) is 0 Å². The van der Waals surface area contributed by atoms with E-state index in [9.17, 15) is 9.59 Å². The van der Waals surface area contributed by atoms with Crippen LogP contribution in [0.1, 0.15) is 26.7 Å². The van der Waals surface area contributed by atoms with E-state index in [4.69, 9.17) is 9.47 Å². The summed E-state index contributed by atoms with van der Waals surface area (Å²) >= 11 is 0. The molecule has 3 saturated heterocycles. The second-order valence-corrected chi connectivity index (χ2v) is 6.44. The van der Waals surface area contributed by atoms with Crippen molar-refractivity contribution in [1.82, 2.24) is 9.80 Å². The normalized spacial score (nSPS) is 33.8. The molecule has 3 unspecified atom stereocenters. The minimum atomic E-state index is -0.364. The number of amides is 2. The fourth-order valence-electron chi connectivity index (χ4n) is 3.63. The lowest BCUT2D eigenvalue weighted by Gasteiger charge is -2.45. The molecule has 3 aliphatic rings. The Labute approximate surface area is 125 Å². The van der Waals surface area contributed by atoms with Gasteiger partial charge in [0.15, 0.2) is 0 Å². The molecule has 0 aliphatic carbocycles. The number of hydrogen-bond acceptors (Lipinski definition) is 4. The van der Waals surface area contributed by atoms with Gasteiger partial charge in [0.1, 0.15) is 12.1 Å². The Morgan fingerprint density at radius 3 is 2.71 bits per heavy atom. The Hall–Kier alpha value is -1.14. The summed E-state index contributed by atoms with van der Waals surface area (Å²) < 4.78 is 11.1.